The fourth-order valence-electron chi connectivity index (χ4n) is 4.07. The fraction of sp³-hybridized carbons (Fsp3) is 0.333. The predicted octanol–water partition coefficient (Wildman–Crippen LogP) is 6.01. The molecule has 0 aliphatic carbocycles. The van der Waals surface area contributed by atoms with Crippen LogP contribution in [0.1, 0.15) is 56.8 Å². The number of likely N-dealkylation sites (tertiary alicyclic amines) is 1. The molecule has 0 amide bonds. The Morgan fingerprint density at radius 1 is 1.10 bits per heavy atom. The Morgan fingerprint density at radius 3 is 2.60 bits per heavy atom. The summed E-state index contributed by atoms with van der Waals surface area (Å²) in [5.74, 6) is -0.865. The molecule has 2 heterocycles. The van der Waals surface area contributed by atoms with E-state index >= 15 is 0 Å². The first-order valence-electron chi connectivity index (χ1n) is 10.4. The number of carbonyl (C=O) groups is 1. The highest BCUT2D eigenvalue weighted by Crippen LogP contribution is 2.37. The topological polar surface area (TPSA) is 53.4 Å². The molecule has 0 saturated carbocycles. The second-order valence-electron chi connectivity index (χ2n) is 7.73. The number of benzene rings is 2. The van der Waals surface area contributed by atoms with Crippen LogP contribution in [-0.4, -0.2) is 27.5 Å². The van der Waals surface area contributed by atoms with Crippen LogP contribution in [0.4, 0.5) is 0 Å². The highest BCUT2D eigenvalue weighted by atomic mass is 35.5. The van der Waals surface area contributed by atoms with Crippen LogP contribution in [0.15, 0.2) is 54.6 Å². The van der Waals surface area contributed by atoms with E-state index < -0.39 is 5.97 Å². The first kappa shape index (κ1) is 21.0. The number of halogens is 1. The quantitative estimate of drug-likeness (QED) is 0.466. The van der Waals surface area contributed by atoms with Crippen LogP contribution in [0.3, 0.4) is 0 Å². The third-order valence-corrected chi connectivity index (χ3v) is 7.02. The highest BCUT2D eigenvalue weighted by Gasteiger charge is 2.30. The molecule has 2 aromatic carbocycles. The van der Waals surface area contributed by atoms with E-state index in [0.717, 1.165) is 54.5 Å². The Balaban J connectivity index is 1.46. The maximum Gasteiger partial charge on any atom is 0.347 e. The molecule has 1 N–H and O–H groups in total. The maximum atomic E-state index is 11.8. The van der Waals surface area contributed by atoms with E-state index in [9.17, 15) is 9.90 Å². The first-order valence-corrected chi connectivity index (χ1v) is 11.5. The van der Waals surface area contributed by atoms with Crippen molar-refractivity contribution in [3.05, 3.63) is 86.3 Å². The number of hydrogen-bond donors (Lipinski definition) is 1. The summed E-state index contributed by atoms with van der Waals surface area (Å²) in [6.07, 6.45) is 4.63. The van der Waals surface area contributed by atoms with Crippen molar-refractivity contribution in [3.8, 4) is 0 Å². The minimum absolute atomic E-state index is 0.187. The zero-order chi connectivity index (χ0) is 20.9. The van der Waals surface area contributed by atoms with Gasteiger partial charge in [0.2, 0.25) is 0 Å². The van der Waals surface area contributed by atoms with Crippen molar-refractivity contribution in [1.29, 1.82) is 0 Å². The van der Waals surface area contributed by atoms with Crippen molar-refractivity contribution >= 4 is 28.9 Å². The van der Waals surface area contributed by atoms with Crippen LogP contribution in [-0.2, 0) is 19.4 Å². The van der Waals surface area contributed by atoms with Gasteiger partial charge in [-0.3, -0.25) is 4.90 Å². The minimum atomic E-state index is -0.865. The molecule has 3 aromatic rings. The Hall–Kier alpha value is -2.21. The SMILES string of the molecule is O=C(O)c1sc([C@@H]2CCCN2Cc2ccc(Cl)cc2)nc1CCCc1ccccc1. The van der Waals surface area contributed by atoms with Gasteiger partial charge in [0.25, 0.3) is 0 Å². The molecule has 1 aromatic heterocycles. The van der Waals surface area contributed by atoms with Gasteiger partial charge in [-0.05, 0) is 61.9 Å². The number of aryl methyl sites for hydroxylation is 2. The zero-order valence-electron chi connectivity index (χ0n) is 16.8. The molecule has 6 heteroatoms. The summed E-state index contributed by atoms with van der Waals surface area (Å²) >= 11 is 7.36. The number of hydrogen-bond acceptors (Lipinski definition) is 4. The van der Waals surface area contributed by atoms with Gasteiger partial charge < -0.3 is 5.11 Å². The lowest BCUT2D eigenvalue weighted by Crippen LogP contribution is -2.22. The molecule has 4 nitrogen and oxygen atoms in total. The third kappa shape index (κ3) is 5.09. The van der Waals surface area contributed by atoms with Gasteiger partial charge in [0.15, 0.2) is 0 Å². The molecule has 0 bridgehead atoms. The largest absolute Gasteiger partial charge is 0.477 e. The van der Waals surface area contributed by atoms with Crippen molar-refractivity contribution in [2.45, 2.75) is 44.7 Å². The summed E-state index contributed by atoms with van der Waals surface area (Å²) in [5.41, 5.74) is 3.22. The number of carboxylic acids is 1. The number of nitrogens with zero attached hydrogens (tertiary/aromatic N) is 2. The van der Waals surface area contributed by atoms with E-state index in [4.69, 9.17) is 16.6 Å². The van der Waals surface area contributed by atoms with Crippen LogP contribution in [0.5, 0.6) is 0 Å². The average Bonchev–Trinajstić information content (AvgIpc) is 3.37. The van der Waals surface area contributed by atoms with Crippen LogP contribution in [0, 0.1) is 0 Å². The lowest BCUT2D eigenvalue weighted by atomic mass is 10.1. The van der Waals surface area contributed by atoms with Crippen LogP contribution >= 0.6 is 22.9 Å². The van der Waals surface area contributed by atoms with E-state index in [2.05, 4.69) is 29.2 Å². The summed E-state index contributed by atoms with van der Waals surface area (Å²) < 4.78 is 0. The van der Waals surface area contributed by atoms with Crippen molar-refractivity contribution in [2.75, 3.05) is 6.54 Å². The monoisotopic (exact) mass is 440 g/mol. The van der Waals surface area contributed by atoms with E-state index in [-0.39, 0.29) is 6.04 Å². The normalized spacial score (nSPS) is 16.8. The van der Waals surface area contributed by atoms with Gasteiger partial charge in [0, 0.05) is 11.6 Å². The molecular weight excluding hydrogens is 416 g/mol. The molecule has 1 aliphatic heterocycles. The molecule has 0 unspecified atom stereocenters. The van der Waals surface area contributed by atoms with E-state index in [1.807, 2.05) is 30.3 Å². The minimum Gasteiger partial charge on any atom is -0.477 e. The molecule has 1 atom stereocenters. The third-order valence-electron chi connectivity index (χ3n) is 5.58. The lowest BCUT2D eigenvalue weighted by Gasteiger charge is -2.22. The number of carboxylic acid groups (broad SMARTS) is 1. The van der Waals surface area contributed by atoms with Gasteiger partial charge in [-0.15, -0.1) is 11.3 Å². The van der Waals surface area contributed by atoms with Crippen LogP contribution in [0.25, 0.3) is 0 Å². The Morgan fingerprint density at radius 2 is 1.87 bits per heavy atom. The smallest absolute Gasteiger partial charge is 0.347 e. The van der Waals surface area contributed by atoms with Gasteiger partial charge >= 0.3 is 5.97 Å². The molecule has 1 fully saturated rings. The Labute approximate surface area is 186 Å². The summed E-state index contributed by atoms with van der Waals surface area (Å²) in [4.78, 5) is 19.5. The molecule has 156 valence electrons. The summed E-state index contributed by atoms with van der Waals surface area (Å²) in [5, 5.41) is 11.4. The molecule has 0 spiro atoms. The van der Waals surface area contributed by atoms with Crippen LogP contribution < -0.4 is 0 Å². The van der Waals surface area contributed by atoms with E-state index in [1.165, 1.54) is 22.5 Å². The number of aromatic carboxylic acids is 1. The number of thiazole rings is 1. The van der Waals surface area contributed by atoms with Crippen molar-refractivity contribution in [1.82, 2.24) is 9.88 Å². The Bertz CT molecular complexity index is 988. The zero-order valence-corrected chi connectivity index (χ0v) is 18.3. The number of rotatable bonds is 8. The van der Waals surface area contributed by atoms with Crippen molar-refractivity contribution in [3.63, 3.8) is 0 Å². The lowest BCUT2D eigenvalue weighted by molar-refractivity contribution is 0.0700. The molecule has 1 saturated heterocycles. The van der Waals surface area contributed by atoms with E-state index in [1.54, 1.807) is 0 Å². The highest BCUT2D eigenvalue weighted by molar-refractivity contribution is 7.13. The summed E-state index contributed by atoms with van der Waals surface area (Å²) in [6, 6.07) is 18.4. The second-order valence-corrected chi connectivity index (χ2v) is 9.19. The molecule has 4 rings (SSSR count). The molecule has 1 aliphatic rings. The van der Waals surface area contributed by atoms with Gasteiger partial charge in [-0.25, -0.2) is 9.78 Å². The van der Waals surface area contributed by atoms with E-state index in [0.29, 0.717) is 11.3 Å². The average molecular weight is 441 g/mol. The molecular formula is C24H25ClN2O2S. The number of aromatic nitrogens is 1. The maximum absolute atomic E-state index is 11.8. The molecule has 0 radical (unpaired) electrons. The summed E-state index contributed by atoms with van der Waals surface area (Å²) in [6.45, 7) is 1.83. The van der Waals surface area contributed by atoms with Crippen LogP contribution in [0.2, 0.25) is 5.02 Å². The van der Waals surface area contributed by atoms with Gasteiger partial charge in [0.05, 0.1) is 11.7 Å². The standard InChI is InChI=1S/C24H25ClN2O2S/c25-19-13-11-18(12-14-19)16-27-15-5-10-21(27)23-26-20(22(30-23)24(28)29)9-4-8-17-6-2-1-3-7-17/h1-3,6-7,11-14,21H,4-5,8-10,15-16H2,(H,28,29)/t21-/m0/s1. The van der Waals surface area contributed by atoms with Gasteiger partial charge in [0.1, 0.15) is 9.88 Å². The first-order chi connectivity index (χ1) is 14.6. The molecule has 30 heavy (non-hydrogen) atoms. The predicted molar refractivity (Wildman–Crippen MR) is 121 cm³/mol. The van der Waals surface area contributed by atoms with Crippen molar-refractivity contribution < 1.29 is 9.90 Å². The fourth-order valence-corrected chi connectivity index (χ4v) is 5.32. The van der Waals surface area contributed by atoms with Gasteiger partial charge in [-0.1, -0.05) is 54.1 Å². The van der Waals surface area contributed by atoms with Crippen molar-refractivity contribution in [2.24, 2.45) is 0 Å². The second kappa shape index (κ2) is 9.73. The summed E-state index contributed by atoms with van der Waals surface area (Å²) in [7, 11) is 0. The van der Waals surface area contributed by atoms with Gasteiger partial charge in [-0.2, -0.15) is 0 Å². The Kier molecular flexibility index (Phi) is 6.82.